The van der Waals surface area contributed by atoms with Crippen molar-refractivity contribution in [2.75, 3.05) is 0 Å². The van der Waals surface area contributed by atoms with Gasteiger partial charge in [-0.15, -0.1) is 11.3 Å². The fourth-order valence-corrected chi connectivity index (χ4v) is 7.95. The van der Waals surface area contributed by atoms with Crippen LogP contribution in [0.1, 0.15) is 25.2 Å². The SMILES string of the molecule is CCc1ccc2ccc3c(-c4cccc(-c5cccc(-c6nc(-c7ccccc7)c7sc8ccccc8c7n6)c5)c4)cc(CC)nc3c2n1. The Balaban J connectivity index is 1.18. The van der Waals surface area contributed by atoms with Crippen molar-refractivity contribution in [1.82, 2.24) is 19.9 Å². The topological polar surface area (TPSA) is 51.6 Å². The molecule has 0 aliphatic heterocycles. The molecule has 0 saturated carbocycles. The van der Waals surface area contributed by atoms with Crippen LogP contribution < -0.4 is 0 Å². The molecule has 49 heavy (non-hydrogen) atoms. The number of benzene rings is 5. The van der Waals surface area contributed by atoms with E-state index in [1.54, 1.807) is 11.3 Å². The van der Waals surface area contributed by atoms with E-state index in [0.717, 1.165) is 101 Å². The highest BCUT2D eigenvalue weighted by Crippen LogP contribution is 2.40. The molecule has 0 aliphatic carbocycles. The fraction of sp³-hybridized carbons (Fsp3) is 0.0909. The minimum absolute atomic E-state index is 0.728. The van der Waals surface area contributed by atoms with Gasteiger partial charge in [-0.2, -0.15) is 0 Å². The number of pyridine rings is 2. The minimum Gasteiger partial charge on any atom is -0.251 e. The second-order valence-electron chi connectivity index (χ2n) is 12.4. The lowest BCUT2D eigenvalue weighted by atomic mass is 9.94. The first-order valence-corrected chi connectivity index (χ1v) is 17.7. The predicted octanol–water partition coefficient (Wildman–Crippen LogP) is 11.7. The van der Waals surface area contributed by atoms with Crippen molar-refractivity contribution in [2.45, 2.75) is 26.7 Å². The number of aromatic nitrogens is 4. The number of hydrogen-bond acceptors (Lipinski definition) is 5. The Morgan fingerprint density at radius 2 is 1.14 bits per heavy atom. The Kier molecular flexibility index (Phi) is 7.21. The molecule has 0 spiro atoms. The van der Waals surface area contributed by atoms with Gasteiger partial charge in [0.25, 0.3) is 0 Å². The molecule has 9 aromatic rings. The van der Waals surface area contributed by atoms with Gasteiger partial charge in [-0.05, 0) is 65.4 Å². The van der Waals surface area contributed by atoms with Crippen LogP contribution >= 0.6 is 11.3 Å². The first-order valence-electron chi connectivity index (χ1n) is 16.8. The maximum atomic E-state index is 5.21. The van der Waals surface area contributed by atoms with Crippen LogP contribution in [0.4, 0.5) is 0 Å². The summed E-state index contributed by atoms with van der Waals surface area (Å²) in [5, 5.41) is 3.40. The van der Waals surface area contributed by atoms with E-state index in [4.69, 9.17) is 19.9 Å². The summed E-state index contributed by atoms with van der Waals surface area (Å²) in [6, 6.07) is 47.3. The Morgan fingerprint density at radius 1 is 0.469 bits per heavy atom. The summed E-state index contributed by atoms with van der Waals surface area (Å²) in [7, 11) is 0. The number of thiophene rings is 1. The van der Waals surface area contributed by atoms with E-state index in [1.165, 1.54) is 10.3 Å². The van der Waals surface area contributed by atoms with Gasteiger partial charge in [0.15, 0.2) is 5.82 Å². The second kappa shape index (κ2) is 12.0. The van der Waals surface area contributed by atoms with Gasteiger partial charge in [-0.3, -0.25) is 9.97 Å². The quantitative estimate of drug-likeness (QED) is 0.168. The molecule has 234 valence electrons. The van der Waals surface area contributed by atoms with Gasteiger partial charge in [0, 0.05) is 43.4 Å². The Morgan fingerprint density at radius 3 is 1.96 bits per heavy atom. The summed E-state index contributed by atoms with van der Waals surface area (Å²) >= 11 is 1.76. The maximum Gasteiger partial charge on any atom is 0.160 e. The zero-order valence-electron chi connectivity index (χ0n) is 27.3. The fourth-order valence-electron chi connectivity index (χ4n) is 6.80. The number of hydrogen-bond donors (Lipinski definition) is 0. The van der Waals surface area contributed by atoms with E-state index in [-0.39, 0.29) is 0 Å². The Labute approximate surface area is 288 Å². The van der Waals surface area contributed by atoms with Crippen LogP contribution in [0.3, 0.4) is 0 Å². The van der Waals surface area contributed by atoms with E-state index < -0.39 is 0 Å². The van der Waals surface area contributed by atoms with Gasteiger partial charge in [-0.1, -0.05) is 117 Å². The highest BCUT2D eigenvalue weighted by molar-refractivity contribution is 7.26. The summed E-state index contributed by atoms with van der Waals surface area (Å²) < 4.78 is 2.33. The van der Waals surface area contributed by atoms with Crippen molar-refractivity contribution in [3.63, 3.8) is 0 Å². The molecule has 4 heterocycles. The zero-order valence-corrected chi connectivity index (χ0v) is 28.1. The normalized spacial score (nSPS) is 11.6. The monoisotopic (exact) mass is 648 g/mol. The molecule has 4 aromatic heterocycles. The van der Waals surface area contributed by atoms with Crippen molar-refractivity contribution in [1.29, 1.82) is 0 Å². The van der Waals surface area contributed by atoms with Gasteiger partial charge in [0.1, 0.15) is 0 Å². The molecule has 0 amide bonds. The van der Waals surface area contributed by atoms with Crippen LogP contribution in [-0.4, -0.2) is 19.9 Å². The molecule has 0 atom stereocenters. The summed E-state index contributed by atoms with van der Waals surface area (Å²) in [6.45, 7) is 4.31. The third-order valence-electron chi connectivity index (χ3n) is 9.37. The summed E-state index contributed by atoms with van der Waals surface area (Å²) in [6.07, 6.45) is 1.74. The van der Waals surface area contributed by atoms with Crippen LogP contribution in [-0.2, 0) is 12.8 Å². The number of fused-ring (bicyclic) bond motifs is 6. The Hall–Kier alpha value is -5.78. The molecule has 0 saturated heterocycles. The van der Waals surface area contributed by atoms with Crippen LogP contribution in [0, 0.1) is 0 Å². The van der Waals surface area contributed by atoms with E-state index >= 15 is 0 Å². The van der Waals surface area contributed by atoms with Crippen molar-refractivity contribution in [3.8, 4) is 44.9 Å². The van der Waals surface area contributed by atoms with E-state index in [2.05, 4.69) is 141 Å². The van der Waals surface area contributed by atoms with Crippen molar-refractivity contribution < 1.29 is 0 Å². The van der Waals surface area contributed by atoms with Crippen molar-refractivity contribution in [3.05, 3.63) is 145 Å². The lowest BCUT2D eigenvalue weighted by Crippen LogP contribution is -1.96. The standard InChI is InChI=1S/C44H32N4S/c1-3-33-22-20-28-21-23-35-37(26-34(4-2)46-41(35)39(28)45-33)31-16-10-14-29(24-31)30-15-11-17-32(25-30)44-47-40(27-12-6-5-7-13-27)43-42(48-44)36-18-8-9-19-38(36)49-43/h5-26H,3-4H2,1-2H3. The average Bonchev–Trinajstić information content (AvgIpc) is 3.56. The van der Waals surface area contributed by atoms with Crippen molar-refractivity contribution in [2.24, 2.45) is 0 Å². The third kappa shape index (κ3) is 5.14. The van der Waals surface area contributed by atoms with Gasteiger partial charge >= 0.3 is 0 Å². The highest BCUT2D eigenvalue weighted by Gasteiger charge is 2.17. The first-order chi connectivity index (χ1) is 24.2. The van der Waals surface area contributed by atoms with E-state index in [1.807, 2.05) is 6.07 Å². The summed E-state index contributed by atoms with van der Waals surface area (Å²) in [4.78, 5) is 20.5. The molecular formula is C44H32N4S. The van der Waals surface area contributed by atoms with Gasteiger partial charge < -0.3 is 0 Å². The molecule has 9 rings (SSSR count). The van der Waals surface area contributed by atoms with E-state index in [9.17, 15) is 0 Å². The lowest BCUT2D eigenvalue weighted by Gasteiger charge is -2.13. The van der Waals surface area contributed by atoms with Crippen molar-refractivity contribution >= 4 is 53.4 Å². The highest BCUT2D eigenvalue weighted by atomic mass is 32.1. The molecule has 0 N–H and O–H groups in total. The van der Waals surface area contributed by atoms with Crippen LogP contribution in [0.15, 0.2) is 133 Å². The smallest absolute Gasteiger partial charge is 0.160 e. The summed E-state index contributed by atoms with van der Waals surface area (Å²) in [5.41, 5.74) is 12.7. The molecule has 0 fully saturated rings. The molecule has 5 heteroatoms. The van der Waals surface area contributed by atoms with Gasteiger partial charge in [0.2, 0.25) is 0 Å². The average molecular weight is 649 g/mol. The Bertz CT molecular complexity index is 2690. The van der Waals surface area contributed by atoms with Crippen LogP contribution in [0.5, 0.6) is 0 Å². The molecule has 4 nitrogen and oxygen atoms in total. The van der Waals surface area contributed by atoms with Gasteiger partial charge in [-0.25, -0.2) is 9.97 Å². The predicted molar refractivity (Wildman–Crippen MR) is 206 cm³/mol. The molecule has 0 bridgehead atoms. The number of aryl methyl sites for hydroxylation is 2. The molecule has 5 aromatic carbocycles. The minimum atomic E-state index is 0.728. The van der Waals surface area contributed by atoms with Crippen LogP contribution in [0.25, 0.3) is 87.0 Å². The second-order valence-corrected chi connectivity index (χ2v) is 13.5. The van der Waals surface area contributed by atoms with Crippen LogP contribution in [0.2, 0.25) is 0 Å². The lowest BCUT2D eigenvalue weighted by molar-refractivity contribution is 1.05. The molecule has 0 radical (unpaired) electrons. The number of rotatable bonds is 6. The number of nitrogens with zero attached hydrogens (tertiary/aromatic N) is 4. The first kappa shape index (κ1) is 29.4. The maximum absolute atomic E-state index is 5.21. The molecule has 0 unspecified atom stereocenters. The largest absolute Gasteiger partial charge is 0.251 e. The zero-order chi connectivity index (χ0) is 32.9. The van der Waals surface area contributed by atoms with E-state index in [0.29, 0.717) is 0 Å². The third-order valence-corrected chi connectivity index (χ3v) is 10.5. The van der Waals surface area contributed by atoms with Gasteiger partial charge in [0.05, 0.1) is 26.9 Å². The molecular weight excluding hydrogens is 617 g/mol. The molecule has 0 aliphatic rings. The summed E-state index contributed by atoms with van der Waals surface area (Å²) in [5.74, 6) is 0.728.